The van der Waals surface area contributed by atoms with E-state index in [0.29, 0.717) is 13.0 Å². The molecule has 0 aromatic rings. The normalized spacial score (nSPS) is 11.8. The Morgan fingerprint density at radius 2 is 0.969 bits per heavy atom. The molecule has 0 amide bonds. The minimum Gasteiger partial charge on any atom is -0.466 e. The lowest BCUT2D eigenvalue weighted by atomic mass is 10.0. The van der Waals surface area contributed by atoms with Gasteiger partial charge in [-0.25, -0.2) is 0 Å². The van der Waals surface area contributed by atoms with Crippen molar-refractivity contribution in [3.05, 3.63) is 0 Å². The van der Waals surface area contributed by atoms with Crippen LogP contribution < -0.4 is 0 Å². The zero-order chi connectivity index (χ0) is 23.8. The smallest absolute Gasteiger partial charge is 0.466 e. The topological polar surface area (TPSA) is 54.0 Å². The van der Waals surface area contributed by atoms with Gasteiger partial charge in [-0.15, -0.1) is 0 Å². The molecule has 32 heavy (non-hydrogen) atoms. The fraction of sp³-hybridized carbons (Fsp3) is 0.962. The van der Waals surface area contributed by atoms with Crippen LogP contribution in [0.1, 0.15) is 129 Å². The van der Waals surface area contributed by atoms with Crippen LogP contribution in [0.2, 0.25) is 6.04 Å². The largest absolute Gasteiger partial charge is 0.500 e. The Bertz CT molecular complexity index is 393. The monoisotopic (exact) mass is 474 g/mol. The molecule has 0 aliphatic carbocycles. The molecule has 0 unspecified atom stereocenters. The maximum atomic E-state index is 11.8. The summed E-state index contributed by atoms with van der Waals surface area (Å²) >= 11 is 0. The Morgan fingerprint density at radius 1 is 0.562 bits per heavy atom. The Labute approximate surface area is 200 Å². The molecule has 0 saturated carbocycles. The first-order valence-electron chi connectivity index (χ1n) is 13.4. The first-order valence-corrected chi connectivity index (χ1v) is 15.4. The lowest BCUT2D eigenvalue weighted by Gasteiger charge is -2.24. The highest BCUT2D eigenvalue weighted by Gasteiger charge is 2.36. The summed E-state index contributed by atoms with van der Waals surface area (Å²) in [4.78, 5) is 11.8. The van der Waals surface area contributed by atoms with Crippen molar-refractivity contribution in [1.82, 2.24) is 0 Å². The molecule has 0 bridgehead atoms. The van der Waals surface area contributed by atoms with Gasteiger partial charge in [0.25, 0.3) is 0 Å². The van der Waals surface area contributed by atoms with Gasteiger partial charge in [-0.3, -0.25) is 4.79 Å². The van der Waals surface area contributed by atoms with Crippen molar-refractivity contribution in [2.24, 2.45) is 0 Å². The third-order valence-electron chi connectivity index (χ3n) is 6.31. The van der Waals surface area contributed by atoms with E-state index in [-0.39, 0.29) is 5.97 Å². The molecule has 0 saturated heterocycles. The summed E-state index contributed by atoms with van der Waals surface area (Å²) in [6.07, 6.45) is 23.7. The SMILES string of the molecule is CCCCCCCCCCCCCCCCCCOC(=O)CCCC[Si](OC)(OC)OC. The van der Waals surface area contributed by atoms with Crippen LogP contribution in [0.3, 0.4) is 0 Å². The van der Waals surface area contributed by atoms with E-state index in [4.69, 9.17) is 18.0 Å². The molecule has 0 atom stereocenters. The molecule has 6 heteroatoms. The van der Waals surface area contributed by atoms with E-state index in [2.05, 4.69) is 6.92 Å². The maximum Gasteiger partial charge on any atom is 0.500 e. The van der Waals surface area contributed by atoms with Gasteiger partial charge in [-0.2, -0.15) is 0 Å². The minimum atomic E-state index is -2.51. The average molecular weight is 475 g/mol. The quantitative estimate of drug-likeness (QED) is 0.0766. The second-order valence-electron chi connectivity index (χ2n) is 9.03. The lowest BCUT2D eigenvalue weighted by molar-refractivity contribution is -0.143. The highest BCUT2D eigenvalue weighted by atomic mass is 28.4. The molecule has 0 aliphatic rings. The number of ether oxygens (including phenoxy) is 1. The molecule has 0 aliphatic heterocycles. The van der Waals surface area contributed by atoms with Crippen molar-refractivity contribution in [1.29, 1.82) is 0 Å². The Hall–Kier alpha value is -0.433. The summed E-state index contributed by atoms with van der Waals surface area (Å²) in [5, 5.41) is 0. The summed E-state index contributed by atoms with van der Waals surface area (Å²) in [5.41, 5.74) is 0. The standard InChI is InChI=1S/C26H54O5Si/c1-5-6-7-8-9-10-11-12-13-14-15-16-17-18-19-21-24-31-26(27)23-20-22-25-32(28-2,29-3)30-4/h5-25H2,1-4H3. The molecular weight excluding hydrogens is 420 g/mol. The fourth-order valence-electron chi connectivity index (χ4n) is 4.08. The number of esters is 1. The van der Waals surface area contributed by atoms with Crippen LogP contribution in [0.5, 0.6) is 0 Å². The van der Waals surface area contributed by atoms with Gasteiger partial charge in [0.15, 0.2) is 0 Å². The zero-order valence-corrected chi connectivity index (χ0v) is 22.9. The van der Waals surface area contributed by atoms with E-state index in [0.717, 1.165) is 31.7 Å². The summed E-state index contributed by atoms with van der Waals surface area (Å²) in [6.45, 7) is 2.84. The first kappa shape index (κ1) is 31.6. The summed E-state index contributed by atoms with van der Waals surface area (Å²) in [7, 11) is 2.34. The third kappa shape index (κ3) is 19.1. The number of unbranched alkanes of at least 4 members (excludes halogenated alkanes) is 16. The second-order valence-corrected chi connectivity index (χ2v) is 12.1. The maximum absolute atomic E-state index is 11.8. The summed E-state index contributed by atoms with van der Waals surface area (Å²) < 4.78 is 21.5. The Balaban J connectivity index is 3.31. The van der Waals surface area contributed by atoms with Crippen LogP contribution >= 0.6 is 0 Å². The van der Waals surface area contributed by atoms with Gasteiger partial charge in [-0.1, -0.05) is 103 Å². The van der Waals surface area contributed by atoms with Gasteiger partial charge in [0, 0.05) is 33.8 Å². The highest BCUT2D eigenvalue weighted by Crippen LogP contribution is 2.17. The van der Waals surface area contributed by atoms with Crippen LogP contribution in [-0.4, -0.2) is 42.7 Å². The van der Waals surface area contributed by atoms with Gasteiger partial charge in [0.2, 0.25) is 0 Å². The van der Waals surface area contributed by atoms with E-state index in [1.54, 1.807) is 21.3 Å². The predicted molar refractivity (Wildman–Crippen MR) is 136 cm³/mol. The second kappa shape index (κ2) is 23.7. The van der Waals surface area contributed by atoms with Gasteiger partial charge in [0.05, 0.1) is 6.61 Å². The molecule has 0 fully saturated rings. The number of carbonyl (C=O) groups excluding carboxylic acids is 1. The number of hydrogen-bond donors (Lipinski definition) is 0. The Morgan fingerprint density at radius 3 is 1.38 bits per heavy atom. The molecule has 0 heterocycles. The van der Waals surface area contributed by atoms with E-state index < -0.39 is 8.80 Å². The molecule has 0 spiro atoms. The van der Waals surface area contributed by atoms with E-state index in [9.17, 15) is 4.79 Å². The van der Waals surface area contributed by atoms with Gasteiger partial charge >= 0.3 is 14.8 Å². The minimum absolute atomic E-state index is 0.0922. The molecule has 0 aromatic carbocycles. The first-order chi connectivity index (χ1) is 15.6. The molecule has 192 valence electrons. The third-order valence-corrected chi connectivity index (χ3v) is 9.14. The van der Waals surface area contributed by atoms with Crippen molar-refractivity contribution in [2.75, 3.05) is 27.9 Å². The van der Waals surface area contributed by atoms with Crippen molar-refractivity contribution < 1.29 is 22.8 Å². The number of rotatable bonds is 25. The number of hydrogen-bond acceptors (Lipinski definition) is 5. The van der Waals surface area contributed by atoms with Crippen LogP contribution in [0.25, 0.3) is 0 Å². The molecule has 0 N–H and O–H groups in total. The van der Waals surface area contributed by atoms with E-state index in [1.807, 2.05) is 0 Å². The van der Waals surface area contributed by atoms with Crippen molar-refractivity contribution in [2.45, 2.75) is 135 Å². The van der Waals surface area contributed by atoms with E-state index >= 15 is 0 Å². The van der Waals surface area contributed by atoms with Gasteiger partial charge in [-0.05, 0) is 19.3 Å². The summed E-state index contributed by atoms with van der Waals surface area (Å²) in [5.74, 6) is -0.0922. The van der Waals surface area contributed by atoms with Crippen LogP contribution in [0.4, 0.5) is 0 Å². The zero-order valence-electron chi connectivity index (χ0n) is 21.9. The Kier molecular flexibility index (Phi) is 23.4. The summed E-state index contributed by atoms with van der Waals surface area (Å²) in [6, 6.07) is 0.725. The molecule has 5 nitrogen and oxygen atoms in total. The van der Waals surface area contributed by atoms with Crippen molar-refractivity contribution >= 4 is 14.8 Å². The predicted octanol–water partition coefficient (Wildman–Crippen LogP) is 7.84. The van der Waals surface area contributed by atoms with Crippen molar-refractivity contribution in [3.63, 3.8) is 0 Å². The highest BCUT2D eigenvalue weighted by molar-refractivity contribution is 6.60. The van der Waals surface area contributed by atoms with Crippen LogP contribution in [-0.2, 0) is 22.8 Å². The van der Waals surface area contributed by atoms with E-state index in [1.165, 1.54) is 89.9 Å². The average Bonchev–Trinajstić information content (AvgIpc) is 2.81. The fourth-order valence-corrected chi connectivity index (χ4v) is 5.87. The molecule has 0 aromatic heterocycles. The van der Waals surface area contributed by atoms with Gasteiger partial charge < -0.3 is 18.0 Å². The lowest BCUT2D eigenvalue weighted by Crippen LogP contribution is -2.42. The van der Waals surface area contributed by atoms with Crippen LogP contribution in [0.15, 0.2) is 0 Å². The number of carbonyl (C=O) groups is 1. The van der Waals surface area contributed by atoms with Gasteiger partial charge in [0.1, 0.15) is 0 Å². The molecule has 0 radical (unpaired) electrons. The van der Waals surface area contributed by atoms with Crippen molar-refractivity contribution in [3.8, 4) is 0 Å². The molecular formula is C26H54O5Si. The van der Waals surface area contributed by atoms with Crippen LogP contribution in [0, 0.1) is 0 Å². The molecule has 0 rings (SSSR count).